The number of nitrogens with one attached hydrogen (secondary N) is 1. The standard InChI is InChI=1S/C11H11BrClFN2O/c12-8-5-7(14)6-9(13)10(8)15-11(17)16-3-1-2-4-16/h5-6H,1-4H2,(H,15,17). The van der Waals surface area contributed by atoms with Gasteiger partial charge in [0.25, 0.3) is 0 Å². The highest BCUT2D eigenvalue weighted by atomic mass is 79.9. The van der Waals surface area contributed by atoms with Crippen molar-refractivity contribution in [1.82, 2.24) is 4.90 Å². The molecule has 0 radical (unpaired) electrons. The van der Waals surface area contributed by atoms with E-state index in [1.807, 2.05) is 0 Å². The summed E-state index contributed by atoms with van der Waals surface area (Å²) in [7, 11) is 0. The highest BCUT2D eigenvalue weighted by Crippen LogP contribution is 2.32. The molecule has 1 aromatic carbocycles. The summed E-state index contributed by atoms with van der Waals surface area (Å²) in [6, 6.07) is 2.24. The Morgan fingerprint density at radius 1 is 1.41 bits per heavy atom. The van der Waals surface area contributed by atoms with Crippen molar-refractivity contribution in [2.75, 3.05) is 18.4 Å². The molecule has 0 spiro atoms. The molecule has 6 heteroatoms. The zero-order chi connectivity index (χ0) is 12.4. The van der Waals surface area contributed by atoms with Gasteiger partial charge in [-0.25, -0.2) is 9.18 Å². The number of benzene rings is 1. The summed E-state index contributed by atoms with van der Waals surface area (Å²) < 4.78 is 13.4. The highest BCUT2D eigenvalue weighted by Gasteiger charge is 2.19. The van der Waals surface area contributed by atoms with E-state index in [9.17, 15) is 9.18 Å². The van der Waals surface area contributed by atoms with Crippen molar-refractivity contribution in [3.05, 3.63) is 27.4 Å². The number of likely N-dealkylation sites (tertiary alicyclic amines) is 1. The van der Waals surface area contributed by atoms with E-state index in [2.05, 4.69) is 21.2 Å². The van der Waals surface area contributed by atoms with Gasteiger partial charge in [0.2, 0.25) is 0 Å². The summed E-state index contributed by atoms with van der Waals surface area (Å²) in [5.74, 6) is -0.443. The number of halogens is 3. The predicted molar refractivity (Wildman–Crippen MR) is 68.9 cm³/mol. The second kappa shape index (κ2) is 5.23. The topological polar surface area (TPSA) is 32.3 Å². The van der Waals surface area contributed by atoms with Gasteiger partial charge in [0.15, 0.2) is 0 Å². The van der Waals surface area contributed by atoms with E-state index in [-0.39, 0.29) is 11.1 Å². The van der Waals surface area contributed by atoms with Gasteiger partial charge in [0, 0.05) is 17.6 Å². The lowest BCUT2D eigenvalue weighted by Gasteiger charge is -2.17. The number of urea groups is 1. The molecule has 0 atom stereocenters. The van der Waals surface area contributed by atoms with Crippen molar-refractivity contribution < 1.29 is 9.18 Å². The Bertz CT molecular complexity index is 426. The van der Waals surface area contributed by atoms with Crippen molar-refractivity contribution in [1.29, 1.82) is 0 Å². The first-order valence-electron chi connectivity index (χ1n) is 5.28. The van der Waals surface area contributed by atoms with E-state index in [1.165, 1.54) is 12.1 Å². The minimum atomic E-state index is -0.443. The maximum atomic E-state index is 13.0. The molecule has 3 nitrogen and oxygen atoms in total. The smallest absolute Gasteiger partial charge is 0.321 e. The van der Waals surface area contributed by atoms with Crippen LogP contribution < -0.4 is 5.32 Å². The Hall–Kier alpha value is -0.810. The quantitative estimate of drug-likeness (QED) is 0.836. The van der Waals surface area contributed by atoms with Crippen molar-refractivity contribution in [3.63, 3.8) is 0 Å². The third-order valence-corrected chi connectivity index (χ3v) is 3.56. The minimum Gasteiger partial charge on any atom is -0.325 e. The van der Waals surface area contributed by atoms with Crippen molar-refractivity contribution >= 4 is 39.2 Å². The van der Waals surface area contributed by atoms with Gasteiger partial charge in [-0.2, -0.15) is 0 Å². The molecule has 0 bridgehead atoms. The summed E-state index contributed by atoms with van der Waals surface area (Å²) in [6.07, 6.45) is 2.04. The number of amides is 2. The molecular weight excluding hydrogens is 310 g/mol. The van der Waals surface area contributed by atoms with E-state index < -0.39 is 5.82 Å². The number of hydrogen-bond donors (Lipinski definition) is 1. The number of hydrogen-bond acceptors (Lipinski definition) is 1. The van der Waals surface area contributed by atoms with Crippen LogP contribution in [0.15, 0.2) is 16.6 Å². The molecule has 17 heavy (non-hydrogen) atoms. The van der Waals surface area contributed by atoms with Crippen LogP contribution in [-0.4, -0.2) is 24.0 Å². The van der Waals surface area contributed by atoms with Crippen molar-refractivity contribution in [2.45, 2.75) is 12.8 Å². The average Bonchev–Trinajstić information content (AvgIpc) is 2.76. The van der Waals surface area contributed by atoms with Crippen LogP contribution in [0.25, 0.3) is 0 Å². The van der Waals surface area contributed by atoms with Gasteiger partial charge >= 0.3 is 6.03 Å². The number of carbonyl (C=O) groups is 1. The van der Waals surface area contributed by atoms with Gasteiger partial charge in [-0.1, -0.05) is 11.6 Å². The Balaban J connectivity index is 2.15. The monoisotopic (exact) mass is 320 g/mol. The third kappa shape index (κ3) is 2.90. The van der Waals surface area contributed by atoms with Gasteiger partial charge < -0.3 is 10.2 Å². The van der Waals surface area contributed by atoms with Crippen LogP contribution in [0, 0.1) is 5.82 Å². The molecule has 92 valence electrons. The molecule has 1 aromatic rings. The molecule has 0 aromatic heterocycles. The predicted octanol–water partition coefficient (Wildman–Crippen LogP) is 3.87. The van der Waals surface area contributed by atoms with Crippen LogP contribution in [0.1, 0.15) is 12.8 Å². The summed E-state index contributed by atoms with van der Waals surface area (Å²) in [5.41, 5.74) is 0.407. The largest absolute Gasteiger partial charge is 0.325 e. The number of rotatable bonds is 1. The molecule has 1 N–H and O–H groups in total. The van der Waals surface area contributed by atoms with Crippen LogP contribution in [0.4, 0.5) is 14.9 Å². The van der Waals surface area contributed by atoms with E-state index in [4.69, 9.17) is 11.6 Å². The second-order valence-corrected chi connectivity index (χ2v) is 5.13. The molecule has 0 aliphatic carbocycles. The third-order valence-electron chi connectivity index (χ3n) is 2.63. The lowest BCUT2D eigenvalue weighted by Crippen LogP contribution is -2.32. The van der Waals surface area contributed by atoms with E-state index in [0.717, 1.165) is 25.9 Å². The Kier molecular flexibility index (Phi) is 3.89. The molecule has 0 saturated carbocycles. The first-order valence-corrected chi connectivity index (χ1v) is 6.45. The molecular formula is C11H11BrClFN2O. The minimum absolute atomic E-state index is 0.185. The molecule has 2 amide bonds. The first-order chi connectivity index (χ1) is 8.08. The van der Waals surface area contributed by atoms with Gasteiger partial charge in [-0.15, -0.1) is 0 Å². The number of nitrogens with zero attached hydrogens (tertiary/aromatic N) is 1. The van der Waals surface area contributed by atoms with Crippen molar-refractivity contribution in [3.8, 4) is 0 Å². The van der Waals surface area contributed by atoms with Gasteiger partial charge in [0.05, 0.1) is 10.7 Å². The maximum Gasteiger partial charge on any atom is 0.321 e. The van der Waals surface area contributed by atoms with E-state index >= 15 is 0 Å². The van der Waals surface area contributed by atoms with Gasteiger partial charge in [0.1, 0.15) is 5.82 Å². The lowest BCUT2D eigenvalue weighted by atomic mass is 10.3. The normalized spacial score (nSPS) is 15.1. The SMILES string of the molecule is O=C(Nc1c(Cl)cc(F)cc1Br)N1CCCC1. The first kappa shape index (κ1) is 12.6. The summed E-state index contributed by atoms with van der Waals surface area (Å²) in [4.78, 5) is 13.6. The van der Waals surface area contributed by atoms with E-state index in [0.29, 0.717) is 10.2 Å². The number of anilines is 1. The number of carbonyl (C=O) groups excluding carboxylic acids is 1. The lowest BCUT2D eigenvalue weighted by molar-refractivity contribution is 0.222. The molecule has 1 fully saturated rings. The average molecular weight is 322 g/mol. The molecule has 1 aliphatic rings. The molecule has 2 rings (SSSR count). The summed E-state index contributed by atoms with van der Waals surface area (Å²) >= 11 is 9.06. The zero-order valence-electron chi connectivity index (χ0n) is 8.97. The highest BCUT2D eigenvalue weighted by molar-refractivity contribution is 9.10. The molecule has 1 saturated heterocycles. The van der Waals surface area contributed by atoms with E-state index in [1.54, 1.807) is 4.90 Å². The van der Waals surface area contributed by atoms with Crippen LogP contribution in [-0.2, 0) is 0 Å². The van der Waals surface area contributed by atoms with Gasteiger partial charge in [-0.3, -0.25) is 0 Å². The Labute approximate surface area is 112 Å². The van der Waals surface area contributed by atoms with Gasteiger partial charge in [-0.05, 0) is 40.9 Å². The fraction of sp³-hybridized carbons (Fsp3) is 0.364. The fourth-order valence-electron chi connectivity index (χ4n) is 1.77. The Morgan fingerprint density at radius 3 is 2.65 bits per heavy atom. The fourth-order valence-corrected chi connectivity index (χ4v) is 2.67. The zero-order valence-corrected chi connectivity index (χ0v) is 11.3. The maximum absolute atomic E-state index is 13.0. The molecule has 0 unspecified atom stereocenters. The second-order valence-electron chi connectivity index (χ2n) is 3.87. The molecule has 1 aliphatic heterocycles. The Morgan fingerprint density at radius 2 is 2.06 bits per heavy atom. The van der Waals surface area contributed by atoms with Crippen LogP contribution in [0.3, 0.4) is 0 Å². The van der Waals surface area contributed by atoms with Crippen LogP contribution in [0.2, 0.25) is 5.02 Å². The molecule has 1 heterocycles. The van der Waals surface area contributed by atoms with Crippen LogP contribution >= 0.6 is 27.5 Å². The van der Waals surface area contributed by atoms with Crippen molar-refractivity contribution in [2.24, 2.45) is 0 Å². The summed E-state index contributed by atoms with van der Waals surface area (Å²) in [6.45, 7) is 1.50. The van der Waals surface area contributed by atoms with Crippen LogP contribution in [0.5, 0.6) is 0 Å². The summed E-state index contributed by atoms with van der Waals surface area (Å²) in [5, 5.41) is 2.87.